The molecule has 1 fully saturated rings. The number of halogens is 1. The Morgan fingerprint density at radius 3 is 2.44 bits per heavy atom. The molecule has 5 nitrogen and oxygen atoms in total. The number of thioether (sulfide) groups is 1. The van der Waals surface area contributed by atoms with Gasteiger partial charge in [0.15, 0.2) is 11.0 Å². The lowest BCUT2D eigenvalue weighted by Gasteiger charge is -2.23. The highest BCUT2D eigenvalue weighted by Gasteiger charge is 2.37. The predicted octanol–water partition coefficient (Wildman–Crippen LogP) is 2.91. The van der Waals surface area contributed by atoms with Crippen LogP contribution in [0.5, 0.6) is 0 Å². The Kier molecular flexibility index (Phi) is 5.19. The average molecular weight is 379 g/mol. The standard InChI is InChI=1S/C17H14FNO4S2/c1-23-17(21)12-4-8-14(9-5-12)25(22)19-15(20)10-24-16(19)11-2-6-13(18)7-3-11/h2-9,16H,10H2,1H3. The van der Waals surface area contributed by atoms with E-state index in [2.05, 4.69) is 4.74 Å². The van der Waals surface area contributed by atoms with Gasteiger partial charge in [-0.1, -0.05) is 12.1 Å². The molecule has 2 aromatic carbocycles. The van der Waals surface area contributed by atoms with Gasteiger partial charge in [0.1, 0.15) is 11.2 Å². The highest BCUT2D eigenvalue weighted by atomic mass is 32.2. The number of amides is 1. The van der Waals surface area contributed by atoms with E-state index >= 15 is 0 Å². The Bertz CT molecular complexity index is 824. The van der Waals surface area contributed by atoms with Crippen molar-refractivity contribution < 1.29 is 22.9 Å². The molecule has 1 aliphatic heterocycles. The first-order chi connectivity index (χ1) is 12.0. The van der Waals surface area contributed by atoms with Crippen molar-refractivity contribution in [2.24, 2.45) is 0 Å². The van der Waals surface area contributed by atoms with Gasteiger partial charge in [0.25, 0.3) is 0 Å². The molecule has 0 saturated carbocycles. The van der Waals surface area contributed by atoms with Gasteiger partial charge in [0.05, 0.1) is 23.3 Å². The normalized spacial score (nSPS) is 18.2. The summed E-state index contributed by atoms with van der Waals surface area (Å²) < 4.78 is 31.9. The van der Waals surface area contributed by atoms with E-state index in [9.17, 15) is 18.2 Å². The summed E-state index contributed by atoms with van der Waals surface area (Å²) in [6.07, 6.45) is 0. The van der Waals surface area contributed by atoms with E-state index < -0.39 is 22.3 Å². The highest BCUT2D eigenvalue weighted by molar-refractivity contribution is 8.01. The Morgan fingerprint density at radius 1 is 1.20 bits per heavy atom. The number of nitrogens with zero attached hydrogens (tertiary/aromatic N) is 1. The predicted molar refractivity (Wildman–Crippen MR) is 92.6 cm³/mol. The van der Waals surface area contributed by atoms with Crippen LogP contribution in [0.4, 0.5) is 4.39 Å². The Labute approximate surface area is 150 Å². The smallest absolute Gasteiger partial charge is 0.337 e. The van der Waals surface area contributed by atoms with Crippen molar-refractivity contribution in [3.8, 4) is 0 Å². The molecule has 8 heteroatoms. The molecule has 0 aliphatic carbocycles. The Hall–Kier alpha value is -2.19. The Morgan fingerprint density at radius 2 is 1.84 bits per heavy atom. The first kappa shape index (κ1) is 17.6. The van der Waals surface area contributed by atoms with Crippen molar-refractivity contribution in [2.75, 3.05) is 12.9 Å². The number of methoxy groups -OCH3 is 1. The molecule has 0 spiro atoms. The van der Waals surface area contributed by atoms with E-state index in [1.54, 1.807) is 12.1 Å². The van der Waals surface area contributed by atoms with Crippen LogP contribution >= 0.6 is 11.8 Å². The first-order valence-electron chi connectivity index (χ1n) is 7.30. The second kappa shape index (κ2) is 7.37. The largest absolute Gasteiger partial charge is 0.465 e. The summed E-state index contributed by atoms with van der Waals surface area (Å²) >= 11 is 1.34. The Balaban J connectivity index is 1.87. The van der Waals surface area contributed by atoms with E-state index in [4.69, 9.17) is 0 Å². The average Bonchev–Trinajstić information content (AvgIpc) is 3.02. The van der Waals surface area contributed by atoms with E-state index in [0.29, 0.717) is 16.0 Å². The third kappa shape index (κ3) is 3.59. The van der Waals surface area contributed by atoms with Gasteiger partial charge in [-0.15, -0.1) is 11.8 Å². The zero-order valence-corrected chi connectivity index (χ0v) is 14.8. The minimum absolute atomic E-state index is 0.202. The molecule has 3 rings (SSSR count). The number of esters is 1. The number of rotatable bonds is 4. The third-order valence-corrected chi connectivity index (χ3v) is 6.43. The maximum Gasteiger partial charge on any atom is 0.337 e. The molecular weight excluding hydrogens is 365 g/mol. The molecule has 25 heavy (non-hydrogen) atoms. The molecular formula is C17H14FNO4S2. The third-order valence-electron chi connectivity index (χ3n) is 3.63. The topological polar surface area (TPSA) is 63.7 Å². The fraction of sp³-hybridized carbons (Fsp3) is 0.176. The number of hydrogen-bond donors (Lipinski definition) is 0. The summed E-state index contributed by atoms with van der Waals surface area (Å²) in [6, 6.07) is 11.8. The lowest BCUT2D eigenvalue weighted by atomic mass is 10.2. The van der Waals surface area contributed by atoms with Crippen LogP contribution in [0.1, 0.15) is 21.3 Å². The fourth-order valence-corrected chi connectivity index (χ4v) is 5.07. The van der Waals surface area contributed by atoms with Crippen molar-refractivity contribution in [3.63, 3.8) is 0 Å². The molecule has 0 N–H and O–H groups in total. The SMILES string of the molecule is COC(=O)c1ccc(S(=O)N2C(=O)CSC2c2ccc(F)cc2)cc1. The summed E-state index contributed by atoms with van der Waals surface area (Å²) in [5.41, 5.74) is 1.04. The molecule has 1 saturated heterocycles. The molecule has 0 bridgehead atoms. The van der Waals surface area contributed by atoms with Crippen molar-refractivity contribution in [3.05, 3.63) is 65.5 Å². The number of carbonyl (C=O) groups is 2. The summed E-state index contributed by atoms with van der Waals surface area (Å²) in [5, 5.41) is -0.450. The summed E-state index contributed by atoms with van der Waals surface area (Å²) in [6.45, 7) is 0. The number of ether oxygens (including phenoxy) is 1. The maximum atomic E-state index is 13.1. The monoisotopic (exact) mass is 379 g/mol. The van der Waals surface area contributed by atoms with Crippen LogP contribution in [0.2, 0.25) is 0 Å². The van der Waals surface area contributed by atoms with Crippen molar-refractivity contribution in [1.82, 2.24) is 4.31 Å². The lowest BCUT2D eigenvalue weighted by Crippen LogP contribution is -2.30. The van der Waals surface area contributed by atoms with Crippen LogP contribution in [0.3, 0.4) is 0 Å². The highest BCUT2D eigenvalue weighted by Crippen LogP contribution is 2.40. The second-order valence-electron chi connectivity index (χ2n) is 5.20. The first-order valence-corrected chi connectivity index (χ1v) is 9.46. The van der Waals surface area contributed by atoms with E-state index in [-0.39, 0.29) is 17.5 Å². The van der Waals surface area contributed by atoms with Gasteiger partial charge in [-0.25, -0.2) is 17.7 Å². The quantitative estimate of drug-likeness (QED) is 0.765. The molecule has 2 atom stereocenters. The van der Waals surface area contributed by atoms with Crippen molar-refractivity contribution in [2.45, 2.75) is 10.3 Å². The van der Waals surface area contributed by atoms with Crippen LogP contribution in [0.25, 0.3) is 0 Å². The second-order valence-corrected chi connectivity index (χ2v) is 7.63. The van der Waals surface area contributed by atoms with Crippen molar-refractivity contribution >= 4 is 34.6 Å². The van der Waals surface area contributed by atoms with Crippen LogP contribution in [0.15, 0.2) is 53.4 Å². The van der Waals surface area contributed by atoms with E-state index in [1.807, 2.05) is 0 Å². The van der Waals surface area contributed by atoms with E-state index in [0.717, 1.165) is 0 Å². The van der Waals surface area contributed by atoms with E-state index in [1.165, 1.54) is 59.6 Å². The van der Waals surface area contributed by atoms with Gasteiger partial charge < -0.3 is 4.74 Å². The van der Waals surface area contributed by atoms with Crippen LogP contribution in [-0.2, 0) is 20.5 Å². The molecule has 2 aromatic rings. The van der Waals surface area contributed by atoms with Gasteiger partial charge in [-0.05, 0) is 42.0 Å². The molecule has 2 unspecified atom stereocenters. The zero-order chi connectivity index (χ0) is 18.0. The molecule has 130 valence electrons. The minimum Gasteiger partial charge on any atom is -0.465 e. The van der Waals surface area contributed by atoms with Gasteiger partial charge in [0.2, 0.25) is 5.91 Å². The molecule has 1 heterocycles. The fourth-order valence-electron chi connectivity index (χ4n) is 2.39. The molecule has 1 aliphatic rings. The number of benzene rings is 2. The zero-order valence-electron chi connectivity index (χ0n) is 13.2. The van der Waals surface area contributed by atoms with Gasteiger partial charge in [-0.2, -0.15) is 0 Å². The van der Waals surface area contributed by atoms with Gasteiger partial charge >= 0.3 is 5.97 Å². The maximum absolute atomic E-state index is 13.1. The summed E-state index contributed by atoms with van der Waals surface area (Å²) in [5.74, 6) is -0.915. The summed E-state index contributed by atoms with van der Waals surface area (Å²) in [4.78, 5) is 24.1. The minimum atomic E-state index is -1.73. The summed E-state index contributed by atoms with van der Waals surface area (Å²) in [7, 11) is -0.452. The molecule has 0 radical (unpaired) electrons. The van der Waals surface area contributed by atoms with Crippen LogP contribution in [-0.4, -0.2) is 33.3 Å². The van der Waals surface area contributed by atoms with Crippen LogP contribution < -0.4 is 0 Å². The van der Waals surface area contributed by atoms with Crippen molar-refractivity contribution in [1.29, 1.82) is 0 Å². The molecule has 1 amide bonds. The number of carbonyl (C=O) groups excluding carboxylic acids is 2. The van der Waals surface area contributed by atoms with Crippen LogP contribution in [0, 0.1) is 5.82 Å². The molecule has 0 aromatic heterocycles. The number of hydrogen-bond acceptors (Lipinski definition) is 5. The lowest BCUT2D eigenvalue weighted by molar-refractivity contribution is -0.123. The van der Waals surface area contributed by atoms with Gasteiger partial charge in [-0.3, -0.25) is 4.79 Å². The van der Waals surface area contributed by atoms with Gasteiger partial charge in [0, 0.05) is 0 Å².